The Morgan fingerprint density at radius 1 is 0.500 bits per heavy atom. The minimum absolute atomic E-state index is 0.0998. The monoisotopic (exact) mass is 901 g/mol. The van der Waals surface area contributed by atoms with Crippen molar-refractivity contribution in [1.82, 2.24) is 9.97 Å². The molecule has 6 aliphatic rings. The Labute approximate surface area is 403 Å². The molecule has 5 aromatic carbocycles. The Hall–Kier alpha value is -5.76. The highest BCUT2D eigenvalue weighted by Gasteiger charge is 2.57. The van der Waals surface area contributed by atoms with Crippen LogP contribution < -0.4 is 0 Å². The van der Waals surface area contributed by atoms with Crippen LogP contribution in [0.5, 0.6) is 0 Å². The first-order valence-electron chi connectivity index (χ1n) is 25.4. The van der Waals surface area contributed by atoms with Crippen LogP contribution in [0.15, 0.2) is 172 Å². The summed E-state index contributed by atoms with van der Waals surface area (Å²) < 4.78 is 16.1. The lowest BCUT2D eigenvalue weighted by molar-refractivity contribution is -0.985. The van der Waals surface area contributed by atoms with E-state index in [0.717, 1.165) is 85.0 Å². The summed E-state index contributed by atoms with van der Waals surface area (Å²) in [4.78, 5) is 9.62. The van der Waals surface area contributed by atoms with Gasteiger partial charge in [-0.25, -0.2) is 0 Å². The summed E-state index contributed by atoms with van der Waals surface area (Å²) in [5.41, 5.74) is 7.48. The van der Waals surface area contributed by atoms with Crippen LogP contribution >= 0.6 is 0 Å². The van der Waals surface area contributed by atoms with E-state index in [9.17, 15) is 0 Å². The molecule has 6 aliphatic heterocycles. The smallest absolute Gasteiger partial charge is 0.135 e. The largest absolute Gasteiger partial charge is 0.363 e. The van der Waals surface area contributed by atoms with Gasteiger partial charge in [-0.2, -0.15) is 0 Å². The Morgan fingerprint density at radius 2 is 0.882 bits per heavy atom. The lowest BCUT2D eigenvalue weighted by atomic mass is 9.69. The Morgan fingerprint density at radius 3 is 1.26 bits per heavy atom. The Kier molecular flexibility index (Phi) is 12.5. The van der Waals surface area contributed by atoms with Gasteiger partial charge in [0.25, 0.3) is 0 Å². The van der Waals surface area contributed by atoms with Gasteiger partial charge in [0.2, 0.25) is 0 Å². The number of nitrogens with zero attached hydrogens (tertiary/aromatic N) is 4. The predicted molar refractivity (Wildman–Crippen MR) is 280 cm³/mol. The van der Waals surface area contributed by atoms with Crippen molar-refractivity contribution in [3.05, 3.63) is 194 Å². The fourth-order valence-electron chi connectivity index (χ4n) is 14.5. The first-order valence-corrected chi connectivity index (χ1v) is 25.4. The van der Waals surface area contributed by atoms with Gasteiger partial charge in [-0.3, -0.25) is 9.97 Å². The van der Waals surface area contributed by atoms with Crippen LogP contribution in [0.4, 0.5) is 0 Å². The van der Waals surface area contributed by atoms with Crippen molar-refractivity contribution in [2.45, 2.75) is 75.9 Å². The number of hydrogen-bond acceptors (Lipinski definition) is 4. The fraction of sp³-hybridized carbons (Fsp3) is 0.355. The average molecular weight is 901 g/mol. The third kappa shape index (κ3) is 7.84. The molecule has 2 aromatic heterocycles. The Balaban J connectivity index is 1.06. The second kappa shape index (κ2) is 19.0. The lowest BCUT2D eigenvalue weighted by Crippen LogP contribution is -2.68. The summed E-state index contributed by atoms with van der Waals surface area (Å²) >= 11 is 0. The Bertz CT molecular complexity index is 2750. The third-order valence-corrected chi connectivity index (χ3v) is 17.4. The van der Waals surface area contributed by atoms with Crippen LogP contribution in [-0.4, -0.2) is 70.4 Å². The maximum absolute atomic E-state index is 7.07. The molecule has 68 heavy (non-hydrogen) atoms. The van der Waals surface area contributed by atoms with Gasteiger partial charge in [0.05, 0.1) is 50.4 Å². The first kappa shape index (κ1) is 44.7. The van der Waals surface area contributed by atoms with Crippen LogP contribution in [0.3, 0.4) is 0 Å². The van der Waals surface area contributed by atoms with E-state index in [0.29, 0.717) is 36.9 Å². The summed E-state index contributed by atoms with van der Waals surface area (Å²) in [7, 11) is 0. The van der Waals surface area contributed by atoms with Crippen LogP contribution in [0.2, 0.25) is 0 Å². The van der Waals surface area contributed by atoms with Gasteiger partial charge in [0.15, 0.2) is 0 Å². The number of benzene rings is 5. The van der Waals surface area contributed by atoms with Gasteiger partial charge >= 0.3 is 0 Å². The summed E-state index contributed by atoms with van der Waals surface area (Å²) in [6, 6.07) is 41.1. The molecule has 6 fully saturated rings. The van der Waals surface area contributed by atoms with Gasteiger partial charge < -0.3 is 18.4 Å². The molecule has 0 radical (unpaired) electrons. The molecule has 6 nitrogen and oxygen atoms in total. The van der Waals surface area contributed by atoms with Crippen LogP contribution in [0.1, 0.15) is 73.0 Å². The molecule has 0 N–H and O–H groups in total. The van der Waals surface area contributed by atoms with Crippen molar-refractivity contribution in [3.63, 3.8) is 0 Å². The minimum Gasteiger partial charge on any atom is -0.363 e. The number of rotatable bonds is 18. The molecule has 8 heterocycles. The number of piperidine rings is 6. The number of quaternary nitrogens is 2. The van der Waals surface area contributed by atoms with Crippen LogP contribution in [-0.2, 0) is 22.6 Å². The van der Waals surface area contributed by atoms with Crippen molar-refractivity contribution in [3.8, 4) is 0 Å². The molecule has 0 amide bonds. The van der Waals surface area contributed by atoms with Crippen molar-refractivity contribution in [2.75, 3.05) is 39.4 Å². The maximum atomic E-state index is 7.07. The van der Waals surface area contributed by atoms with E-state index in [4.69, 9.17) is 19.4 Å². The van der Waals surface area contributed by atoms with E-state index in [1.807, 2.05) is 24.5 Å². The van der Waals surface area contributed by atoms with E-state index in [-0.39, 0.29) is 24.3 Å². The van der Waals surface area contributed by atoms with Crippen molar-refractivity contribution in [2.24, 2.45) is 23.7 Å². The van der Waals surface area contributed by atoms with Crippen LogP contribution in [0.25, 0.3) is 43.4 Å². The van der Waals surface area contributed by atoms with Gasteiger partial charge in [0, 0.05) is 71.8 Å². The highest BCUT2D eigenvalue weighted by Crippen LogP contribution is 2.53. The van der Waals surface area contributed by atoms with E-state index >= 15 is 0 Å². The number of para-hydroxylation sites is 2. The highest BCUT2D eigenvalue weighted by molar-refractivity contribution is 6.05. The molecular formula is C62H68N4O2+2. The van der Waals surface area contributed by atoms with Gasteiger partial charge in [0.1, 0.15) is 37.4 Å². The average Bonchev–Trinajstić information content (AvgIpc) is 3.38. The third-order valence-electron chi connectivity index (χ3n) is 17.4. The molecule has 0 saturated carbocycles. The normalized spacial score (nSPS) is 27.4. The zero-order valence-electron chi connectivity index (χ0n) is 39.8. The molecule has 10 atom stereocenters. The van der Waals surface area contributed by atoms with Gasteiger partial charge in [-0.1, -0.05) is 109 Å². The molecule has 8 unspecified atom stereocenters. The SMILES string of the molecule is C=CCO[C@H](c1ccnc2ccccc12)C1CC2CC[N+]1(Cc1c3ccccc3c(C[N+]34CCC(CC3[C@H](OCC=C)c3ccnc5ccccc35)C(CC=C)C4)c3ccccc13)CC2CC=C. The number of allylic oxidation sites excluding steroid dienone is 2. The van der Waals surface area contributed by atoms with E-state index in [1.165, 1.54) is 67.4 Å². The molecule has 346 valence electrons. The topological polar surface area (TPSA) is 44.2 Å². The molecule has 0 aliphatic carbocycles. The predicted octanol–water partition coefficient (Wildman–Crippen LogP) is 13.6. The van der Waals surface area contributed by atoms with E-state index < -0.39 is 0 Å². The molecule has 13 rings (SSSR count). The van der Waals surface area contributed by atoms with Crippen LogP contribution in [0, 0.1) is 23.7 Å². The van der Waals surface area contributed by atoms with Gasteiger partial charge in [-0.15, -0.1) is 26.3 Å². The molecule has 0 spiro atoms. The van der Waals surface area contributed by atoms with E-state index in [1.54, 1.807) is 0 Å². The number of fused-ring (bicyclic) bond motifs is 10. The van der Waals surface area contributed by atoms with E-state index in [2.05, 4.69) is 148 Å². The van der Waals surface area contributed by atoms with Crippen molar-refractivity contribution >= 4 is 43.4 Å². The number of aromatic nitrogens is 2. The maximum Gasteiger partial charge on any atom is 0.135 e. The van der Waals surface area contributed by atoms with Crippen molar-refractivity contribution in [1.29, 1.82) is 0 Å². The molecule has 4 bridgehead atoms. The molecule has 6 saturated heterocycles. The lowest BCUT2D eigenvalue weighted by Gasteiger charge is -2.59. The van der Waals surface area contributed by atoms with Crippen molar-refractivity contribution < 1.29 is 18.4 Å². The quantitative estimate of drug-likeness (QED) is 0.0489. The summed E-state index contributed by atoms with van der Waals surface area (Å²) in [6.07, 6.45) is 18.8. The summed E-state index contributed by atoms with van der Waals surface area (Å²) in [6.45, 7) is 24.2. The standard InChI is InChI=1S/C62H68N4O2/c1-5-17-45-39-65(33-29-43(45)37-59(65)61(67-35-7-3)53-27-31-63-57-25-15-13-23-51(53)57)41-55-47-19-9-11-21-49(47)56(50-22-12-10-20-48(50)55)42-66-34-30-44(46(40-66)18-6-2)38-60(66)62(68-36-8-4)54-28-32-64-58-26-16-14-24-52(54)58/h5-16,19-28,31-32,43-46,59-62H,1-4,17-18,29-30,33-42H2/q+2/t43?,44?,45?,46?,59?,60?,61-,62-,65?,66?/m1/s1. The summed E-state index contributed by atoms with van der Waals surface area (Å²) in [5, 5.41) is 7.93. The zero-order chi connectivity index (χ0) is 46.2. The highest BCUT2D eigenvalue weighted by atomic mass is 16.5. The first-order chi connectivity index (χ1) is 33.5. The summed E-state index contributed by atoms with van der Waals surface area (Å²) in [5.74, 6) is 2.47. The number of hydrogen-bond donors (Lipinski definition) is 0. The number of ether oxygens (including phenoxy) is 2. The van der Waals surface area contributed by atoms with Gasteiger partial charge in [-0.05, 0) is 81.6 Å². The minimum atomic E-state index is -0.0998. The number of pyridine rings is 2. The zero-order valence-corrected chi connectivity index (χ0v) is 39.8. The second-order valence-corrected chi connectivity index (χ2v) is 20.8. The molecular weight excluding hydrogens is 833 g/mol. The second-order valence-electron chi connectivity index (χ2n) is 20.8. The fourth-order valence-corrected chi connectivity index (χ4v) is 14.5. The molecule has 6 heteroatoms. The molecule has 7 aromatic rings.